The van der Waals surface area contributed by atoms with Crippen LogP contribution in [0.5, 0.6) is 5.75 Å². The molecular formula is C19H25BrN2O2S. The van der Waals surface area contributed by atoms with Crippen molar-refractivity contribution in [2.45, 2.75) is 53.2 Å². The molecular weight excluding hydrogens is 400 g/mol. The fraction of sp³-hybridized carbons (Fsp3) is 0.474. The van der Waals surface area contributed by atoms with Gasteiger partial charge in [-0.2, -0.15) is 0 Å². The Morgan fingerprint density at radius 2 is 2.12 bits per heavy atom. The van der Waals surface area contributed by atoms with Gasteiger partial charge in [0, 0.05) is 17.8 Å². The Hall–Kier alpha value is -1.40. The summed E-state index contributed by atoms with van der Waals surface area (Å²) in [4.78, 5) is 14.4. The zero-order chi connectivity index (χ0) is 18.7. The van der Waals surface area contributed by atoms with Crippen LogP contribution in [-0.4, -0.2) is 28.4 Å². The molecule has 6 heteroatoms. The van der Waals surface area contributed by atoms with Gasteiger partial charge in [0.05, 0.1) is 16.6 Å². The summed E-state index contributed by atoms with van der Waals surface area (Å²) in [5.41, 5.74) is 2.67. The van der Waals surface area contributed by atoms with Crippen molar-refractivity contribution in [3.05, 3.63) is 39.5 Å². The van der Waals surface area contributed by atoms with Crippen LogP contribution in [0.25, 0.3) is 0 Å². The molecule has 0 fully saturated rings. The minimum absolute atomic E-state index is 0.0530. The highest BCUT2D eigenvalue weighted by molar-refractivity contribution is 9.10. The molecule has 136 valence electrons. The molecule has 0 amide bonds. The van der Waals surface area contributed by atoms with Gasteiger partial charge in [0.25, 0.3) is 0 Å². The lowest BCUT2D eigenvalue weighted by Crippen LogP contribution is -2.47. The normalized spacial score (nSPS) is 17.8. The number of rotatable bonds is 6. The molecule has 0 aromatic heterocycles. The van der Waals surface area contributed by atoms with Crippen LogP contribution in [-0.2, 0) is 4.79 Å². The van der Waals surface area contributed by atoms with Crippen LogP contribution in [0.15, 0.2) is 33.9 Å². The molecule has 0 radical (unpaired) electrons. The molecule has 0 saturated heterocycles. The smallest absolute Gasteiger partial charge is 0.173 e. The Bertz CT molecular complexity index is 715. The van der Waals surface area contributed by atoms with Crippen molar-refractivity contribution >= 4 is 39.0 Å². The molecule has 1 aliphatic heterocycles. The zero-order valence-electron chi connectivity index (χ0n) is 15.4. The van der Waals surface area contributed by atoms with Crippen molar-refractivity contribution in [1.29, 1.82) is 0 Å². The molecule has 25 heavy (non-hydrogen) atoms. The van der Waals surface area contributed by atoms with Gasteiger partial charge in [-0.25, -0.2) is 0 Å². The average molecular weight is 425 g/mol. The van der Waals surface area contributed by atoms with Crippen LogP contribution in [0.3, 0.4) is 0 Å². The molecule has 0 saturated carbocycles. The molecule has 2 rings (SSSR count). The van der Waals surface area contributed by atoms with Crippen molar-refractivity contribution in [3.63, 3.8) is 0 Å². The second-order valence-electron chi connectivity index (χ2n) is 6.45. The topological polar surface area (TPSA) is 41.6 Å². The first-order valence-electron chi connectivity index (χ1n) is 8.52. The van der Waals surface area contributed by atoms with Gasteiger partial charge >= 0.3 is 0 Å². The SMILES string of the molecule is CCCN1C(=S)NC(c2ccc(OC(C)C)c(Br)c2)C(C(C)=O)=C1C. The molecule has 0 aliphatic carbocycles. The maximum Gasteiger partial charge on any atom is 0.173 e. The summed E-state index contributed by atoms with van der Waals surface area (Å²) in [5.74, 6) is 0.840. The zero-order valence-corrected chi connectivity index (χ0v) is 17.8. The molecule has 4 nitrogen and oxygen atoms in total. The van der Waals surface area contributed by atoms with Crippen molar-refractivity contribution in [1.82, 2.24) is 10.2 Å². The first-order chi connectivity index (χ1) is 11.8. The summed E-state index contributed by atoms with van der Waals surface area (Å²) < 4.78 is 6.64. The Morgan fingerprint density at radius 3 is 2.64 bits per heavy atom. The third-order valence-electron chi connectivity index (χ3n) is 4.07. The summed E-state index contributed by atoms with van der Waals surface area (Å²) in [5, 5.41) is 3.99. The largest absolute Gasteiger partial charge is 0.490 e. The Kier molecular flexibility index (Phi) is 6.63. The molecule has 1 atom stereocenters. The van der Waals surface area contributed by atoms with Crippen LogP contribution in [0.1, 0.15) is 52.6 Å². The van der Waals surface area contributed by atoms with E-state index in [0.29, 0.717) is 5.11 Å². The summed E-state index contributed by atoms with van der Waals surface area (Å²) in [6.07, 6.45) is 1.06. The summed E-state index contributed by atoms with van der Waals surface area (Å²) in [6.45, 7) is 10.5. The standard InChI is InChI=1S/C19H25BrN2O2S/c1-6-9-22-12(4)17(13(5)23)18(21-19(22)25)14-7-8-16(15(20)10-14)24-11(2)3/h7-8,10-11,18H,6,9H2,1-5H3,(H,21,25). The van der Waals surface area contributed by atoms with Crippen molar-refractivity contribution in [3.8, 4) is 5.75 Å². The summed E-state index contributed by atoms with van der Waals surface area (Å²) >= 11 is 9.10. The van der Waals surface area contributed by atoms with E-state index in [2.05, 4.69) is 28.2 Å². The number of Topliss-reactive ketones (excluding diaryl/α,β-unsaturated/α-hetero) is 1. The van der Waals surface area contributed by atoms with E-state index in [1.165, 1.54) is 0 Å². The minimum atomic E-state index is -0.248. The number of benzene rings is 1. The van der Waals surface area contributed by atoms with E-state index in [1.54, 1.807) is 6.92 Å². The Labute approximate surface area is 163 Å². The van der Waals surface area contributed by atoms with Crippen molar-refractivity contribution in [2.75, 3.05) is 6.54 Å². The fourth-order valence-corrected chi connectivity index (χ4v) is 3.86. The number of thiocarbonyl (C=S) groups is 1. The number of hydrogen-bond acceptors (Lipinski definition) is 3. The predicted octanol–water partition coefficient (Wildman–Crippen LogP) is 4.74. The molecule has 1 heterocycles. The molecule has 1 N–H and O–H groups in total. The molecule has 1 unspecified atom stereocenters. The van der Waals surface area contributed by atoms with Crippen LogP contribution >= 0.6 is 28.1 Å². The van der Waals surface area contributed by atoms with E-state index in [9.17, 15) is 4.79 Å². The number of ketones is 1. The van der Waals surface area contributed by atoms with E-state index in [0.717, 1.165) is 40.0 Å². The minimum Gasteiger partial charge on any atom is -0.490 e. The van der Waals surface area contributed by atoms with E-state index in [1.807, 2.05) is 43.9 Å². The van der Waals surface area contributed by atoms with Gasteiger partial charge in [-0.1, -0.05) is 13.0 Å². The molecule has 1 aromatic carbocycles. The van der Waals surface area contributed by atoms with Gasteiger partial charge in [-0.15, -0.1) is 0 Å². The lowest BCUT2D eigenvalue weighted by Gasteiger charge is -2.37. The number of ether oxygens (including phenoxy) is 1. The van der Waals surface area contributed by atoms with Gasteiger partial charge in [-0.3, -0.25) is 4.79 Å². The van der Waals surface area contributed by atoms with Crippen molar-refractivity contribution in [2.24, 2.45) is 0 Å². The summed E-state index contributed by atoms with van der Waals surface area (Å²) in [7, 11) is 0. The van der Waals surface area contributed by atoms with Crippen LogP contribution < -0.4 is 10.1 Å². The second kappa shape index (κ2) is 8.32. The molecule has 1 aromatic rings. The molecule has 0 bridgehead atoms. The fourth-order valence-electron chi connectivity index (χ4n) is 3.03. The van der Waals surface area contributed by atoms with Crippen molar-refractivity contribution < 1.29 is 9.53 Å². The molecule has 0 spiro atoms. The van der Waals surface area contributed by atoms with E-state index in [-0.39, 0.29) is 17.9 Å². The highest BCUT2D eigenvalue weighted by Crippen LogP contribution is 2.35. The number of carbonyl (C=O) groups excluding carboxylic acids is 1. The number of nitrogens with zero attached hydrogens (tertiary/aromatic N) is 1. The summed E-state index contributed by atoms with van der Waals surface area (Å²) in [6, 6.07) is 5.65. The second-order valence-corrected chi connectivity index (χ2v) is 7.69. The van der Waals surface area contributed by atoms with Crippen LogP contribution in [0.2, 0.25) is 0 Å². The first-order valence-corrected chi connectivity index (χ1v) is 9.72. The lowest BCUT2D eigenvalue weighted by molar-refractivity contribution is -0.114. The highest BCUT2D eigenvalue weighted by Gasteiger charge is 2.32. The van der Waals surface area contributed by atoms with Gasteiger partial charge in [0.1, 0.15) is 5.75 Å². The van der Waals surface area contributed by atoms with Crippen LogP contribution in [0.4, 0.5) is 0 Å². The Balaban J connectivity index is 2.45. The van der Waals surface area contributed by atoms with Gasteiger partial charge < -0.3 is 15.0 Å². The number of hydrogen-bond donors (Lipinski definition) is 1. The predicted molar refractivity (Wildman–Crippen MR) is 109 cm³/mol. The quantitative estimate of drug-likeness (QED) is 0.667. The highest BCUT2D eigenvalue weighted by atomic mass is 79.9. The number of carbonyl (C=O) groups is 1. The van der Waals surface area contributed by atoms with Gasteiger partial charge in [0.2, 0.25) is 0 Å². The van der Waals surface area contributed by atoms with E-state index in [4.69, 9.17) is 17.0 Å². The van der Waals surface area contributed by atoms with Gasteiger partial charge in [0.15, 0.2) is 10.9 Å². The number of halogens is 1. The maximum atomic E-state index is 12.3. The maximum absolute atomic E-state index is 12.3. The van der Waals surface area contributed by atoms with Gasteiger partial charge in [-0.05, 0) is 80.0 Å². The first kappa shape index (κ1) is 19.9. The Morgan fingerprint density at radius 1 is 1.44 bits per heavy atom. The average Bonchev–Trinajstić information content (AvgIpc) is 2.52. The third-order valence-corrected chi connectivity index (χ3v) is 5.03. The number of nitrogens with one attached hydrogen (secondary N) is 1. The van der Waals surface area contributed by atoms with E-state index >= 15 is 0 Å². The number of allylic oxidation sites excluding steroid dienone is 1. The third kappa shape index (κ3) is 4.42. The van der Waals surface area contributed by atoms with E-state index < -0.39 is 0 Å². The monoisotopic (exact) mass is 424 g/mol. The lowest BCUT2D eigenvalue weighted by atomic mass is 9.92. The molecule has 1 aliphatic rings. The van der Waals surface area contributed by atoms with Crippen LogP contribution in [0, 0.1) is 0 Å².